The van der Waals surface area contributed by atoms with E-state index < -0.39 is 12.1 Å². The minimum atomic E-state index is -4.11. The number of nitrogens with zero attached hydrogens (tertiary/aromatic N) is 1. The third-order valence-corrected chi connectivity index (χ3v) is 3.38. The van der Waals surface area contributed by atoms with Crippen LogP contribution in [0.25, 0.3) is 0 Å². The minimum Gasteiger partial charge on any atom is -0.298 e. The first-order valence-corrected chi connectivity index (χ1v) is 5.78. The molecular formula is C11H16F3NO. The highest BCUT2D eigenvalue weighted by atomic mass is 19.4. The Bertz CT molecular complexity index is 273. The summed E-state index contributed by atoms with van der Waals surface area (Å²) < 4.78 is 37.5. The van der Waals surface area contributed by atoms with Crippen LogP contribution in [0.3, 0.4) is 0 Å². The lowest BCUT2D eigenvalue weighted by molar-refractivity contribution is -0.187. The number of halogens is 3. The summed E-state index contributed by atoms with van der Waals surface area (Å²) in [6.07, 6.45) is -1.51. The number of hydrogen-bond acceptors (Lipinski definition) is 2. The Morgan fingerprint density at radius 3 is 2.50 bits per heavy atom. The average molecular weight is 235 g/mol. The summed E-state index contributed by atoms with van der Waals surface area (Å²) in [7, 11) is 0. The fourth-order valence-electron chi connectivity index (χ4n) is 2.22. The van der Waals surface area contributed by atoms with Crippen LogP contribution in [0.5, 0.6) is 0 Å². The van der Waals surface area contributed by atoms with E-state index in [1.165, 1.54) is 0 Å². The summed E-state index contributed by atoms with van der Waals surface area (Å²) in [5, 5.41) is 0. The highest BCUT2D eigenvalue weighted by Crippen LogP contribution is 2.34. The van der Waals surface area contributed by atoms with Crippen molar-refractivity contribution in [3.8, 4) is 0 Å². The average Bonchev–Trinajstić information content (AvgIpc) is 2.99. The molecule has 2 rings (SSSR count). The second-order valence-corrected chi connectivity index (χ2v) is 4.86. The van der Waals surface area contributed by atoms with Crippen LogP contribution >= 0.6 is 0 Å². The van der Waals surface area contributed by atoms with Gasteiger partial charge in [-0.05, 0) is 32.2 Å². The van der Waals surface area contributed by atoms with Gasteiger partial charge in [-0.2, -0.15) is 13.2 Å². The standard InChI is InChI=1S/C11H16F3NO/c12-11(13,14)9-2-1-5-15(6-9)7-10(16)8-3-4-8/h8-9H,1-7H2. The molecule has 0 bridgehead atoms. The van der Waals surface area contributed by atoms with Crippen molar-refractivity contribution in [2.24, 2.45) is 11.8 Å². The molecule has 92 valence electrons. The van der Waals surface area contributed by atoms with E-state index in [-0.39, 0.29) is 31.2 Å². The molecule has 2 nitrogen and oxygen atoms in total. The molecule has 2 fully saturated rings. The van der Waals surface area contributed by atoms with E-state index in [1.54, 1.807) is 4.90 Å². The first-order chi connectivity index (χ1) is 7.47. The van der Waals surface area contributed by atoms with Gasteiger partial charge < -0.3 is 0 Å². The summed E-state index contributed by atoms with van der Waals surface area (Å²) in [6, 6.07) is 0. The van der Waals surface area contributed by atoms with Crippen LogP contribution in [0.1, 0.15) is 25.7 Å². The number of hydrogen-bond donors (Lipinski definition) is 0. The van der Waals surface area contributed by atoms with Gasteiger partial charge in [0.05, 0.1) is 12.5 Å². The Morgan fingerprint density at radius 1 is 1.25 bits per heavy atom. The predicted octanol–water partition coefficient (Wildman–Crippen LogP) is 2.24. The van der Waals surface area contributed by atoms with Crippen molar-refractivity contribution >= 4 is 5.78 Å². The molecule has 16 heavy (non-hydrogen) atoms. The van der Waals surface area contributed by atoms with Gasteiger partial charge in [0.1, 0.15) is 5.78 Å². The van der Waals surface area contributed by atoms with Crippen LogP contribution in [0, 0.1) is 11.8 Å². The first kappa shape index (κ1) is 11.9. The molecule has 0 aromatic heterocycles. The maximum atomic E-state index is 12.5. The van der Waals surface area contributed by atoms with Gasteiger partial charge in [0.15, 0.2) is 0 Å². The molecule has 1 saturated carbocycles. The number of rotatable bonds is 3. The van der Waals surface area contributed by atoms with Gasteiger partial charge in [0, 0.05) is 12.5 Å². The van der Waals surface area contributed by atoms with Gasteiger partial charge in [0.25, 0.3) is 0 Å². The van der Waals surface area contributed by atoms with Crippen molar-refractivity contribution in [3.05, 3.63) is 0 Å². The van der Waals surface area contributed by atoms with E-state index in [0.29, 0.717) is 13.0 Å². The van der Waals surface area contributed by atoms with E-state index in [0.717, 1.165) is 12.8 Å². The molecular weight excluding hydrogens is 219 g/mol. The van der Waals surface area contributed by atoms with Crippen molar-refractivity contribution in [3.63, 3.8) is 0 Å². The number of carbonyl (C=O) groups is 1. The number of likely N-dealkylation sites (tertiary alicyclic amines) is 1. The smallest absolute Gasteiger partial charge is 0.298 e. The fraction of sp³-hybridized carbons (Fsp3) is 0.909. The van der Waals surface area contributed by atoms with Gasteiger partial charge >= 0.3 is 6.18 Å². The predicted molar refractivity (Wildman–Crippen MR) is 53.0 cm³/mol. The Labute approximate surface area is 92.8 Å². The SMILES string of the molecule is O=C(CN1CCCC(C(F)(F)F)C1)C1CC1. The topological polar surface area (TPSA) is 20.3 Å². The molecule has 2 aliphatic rings. The van der Waals surface area contributed by atoms with Crippen LogP contribution in [-0.4, -0.2) is 36.5 Å². The molecule has 1 saturated heterocycles. The summed E-state index contributed by atoms with van der Waals surface area (Å²) in [6.45, 7) is 0.851. The molecule has 1 heterocycles. The number of ketones is 1. The third kappa shape index (κ3) is 2.97. The highest BCUT2D eigenvalue weighted by molar-refractivity contribution is 5.84. The van der Waals surface area contributed by atoms with Crippen LogP contribution in [0.4, 0.5) is 13.2 Å². The lowest BCUT2D eigenvalue weighted by Crippen LogP contribution is -2.43. The molecule has 1 atom stereocenters. The first-order valence-electron chi connectivity index (χ1n) is 5.78. The fourth-order valence-corrected chi connectivity index (χ4v) is 2.22. The monoisotopic (exact) mass is 235 g/mol. The maximum absolute atomic E-state index is 12.5. The van der Waals surface area contributed by atoms with Gasteiger partial charge in [0.2, 0.25) is 0 Å². The molecule has 1 aliphatic carbocycles. The molecule has 0 aromatic carbocycles. The van der Waals surface area contributed by atoms with Crippen LogP contribution in [0.2, 0.25) is 0 Å². The molecule has 1 unspecified atom stereocenters. The van der Waals surface area contributed by atoms with Gasteiger partial charge in [-0.15, -0.1) is 0 Å². The zero-order valence-corrected chi connectivity index (χ0v) is 9.09. The second kappa shape index (κ2) is 4.35. The van der Waals surface area contributed by atoms with Gasteiger partial charge in [-0.1, -0.05) is 0 Å². The van der Waals surface area contributed by atoms with Crippen molar-refractivity contribution in [2.75, 3.05) is 19.6 Å². The highest BCUT2D eigenvalue weighted by Gasteiger charge is 2.42. The lowest BCUT2D eigenvalue weighted by atomic mass is 9.97. The van der Waals surface area contributed by atoms with Crippen molar-refractivity contribution in [1.82, 2.24) is 4.90 Å². The van der Waals surface area contributed by atoms with Gasteiger partial charge in [-0.3, -0.25) is 9.69 Å². The van der Waals surface area contributed by atoms with Gasteiger partial charge in [-0.25, -0.2) is 0 Å². The maximum Gasteiger partial charge on any atom is 0.393 e. The molecule has 5 heteroatoms. The van der Waals surface area contributed by atoms with E-state index in [9.17, 15) is 18.0 Å². The summed E-state index contributed by atoms with van der Waals surface area (Å²) >= 11 is 0. The van der Waals surface area contributed by atoms with Crippen LogP contribution in [-0.2, 0) is 4.79 Å². The Morgan fingerprint density at radius 2 is 1.94 bits per heavy atom. The zero-order chi connectivity index (χ0) is 11.8. The number of alkyl halides is 3. The van der Waals surface area contributed by atoms with Crippen molar-refractivity contribution in [2.45, 2.75) is 31.9 Å². The number of Topliss-reactive ketones (excluding diaryl/α,β-unsaturated/α-hetero) is 1. The Balaban J connectivity index is 1.84. The zero-order valence-electron chi connectivity index (χ0n) is 9.09. The number of piperidine rings is 1. The second-order valence-electron chi connectivity index (χ2n) is 4.86. The minimum absolute atomic E-state index is 0.00194. The van der Waals surface area contributed by atoms with E-state index >= 15 is 0 Å². The Hall–Kier alpha value is -0.580. The van der Waals surface area contributed by atoms with Crippen LogP contribution < -0.4 is 0 Å². The van der Waals surface area contributed by atoms with E-state index in [1.807, 2.05) is 0 Å². The molecule has 0 amide bonds. The van der Waals surface area contributed by atoms with Crippen molar-refractivity contribution in [1.29, 1.82) is 0 Å². The lowest BCUT2D eigenvalue weighted by Gasteiger charge is -2.33. The van der Waals surface area contributed by atoms with Crippen LogP contribution in [0.15, 0.2) is 0 Å². The molecule has 0 spiro atoms. The third-order valence-electron chi connectivity index (χ3n) is 3.38. The summed E-state index contributed by atoms with van der Waals surface area (Å²) in [5.74, 6) is -0.970. The number of carbonyl (C=O) groups excluding carboxylic acids is 1. The summed E-state index contributed by atoms with van der Waals surface area (Å²) in [4.78, 5) is 13.2. The normalized spacial score (nSPS) is 28.1. The summed E-state index contributed by atoms with van der Waals surface area (Å²) in [5.41, 5.74) is 0. The molecule has 0 aromatic rings. The quantitative estimate of drug-likeness (QED) is 0.747. The largest absolute Gasteiger partial charge is 0.393 e. The molecule has 0 N–H and O–H groups in total. The molecule has 1 aliphatic heterocycles. The van der Waals surface area contributed by atoms with Crippen molar-refractivity contribution < 1.29 is 18.0 Å². The Kier molecular flexibility index (Phi) is 3.24. The van der Waals surface area contributed by atoms with E-state index in [4.69, 9.17) is 0 Å². The van der Waals surface area contributed by atoms with E-state index in [2.05, 4.69) is 0 Å². The molecule has 0 radical (unpaired) electrons.